The number of carbonyl (C=O) groups is 1. The van der Waals surface area contributed by atoms with E-state index in [2.05, 4.69) is 5.32 Å². The molecule has 5 nitrogen and oxygen atoms in total. The molecule has 0 spiro atoms. The Bertz CT molecular complexity index is 1120. The number of aromatic nitrogens is 2. The molecule has 0 bridgehead atoms. The van der Waals surface area contributed by atoms with Gasteiger partial charge in [-0.1, -0.05) is 23.9 Å². The van der Waals surface area contributed by atoms with E-state index in [1.54, 1.807) is 4.57 Å². The third kappa shape index (κ3) is 3.61. The molecule has 2 aromatic heterocycles. The summed E-state index contributed by atoms with van der Waals surface area (Å²) >= 11 is 2.84. The van der Waals surface area contributed by atoms with Gasteiger partial charge in [-0.2, -0.15) is 0 Å². The molecule has 2 heterocycles. The summed E-state index contributed by atoms with van der Waals surface area (Å²) in [6.45, 7) is 12.3. The molecule has 0 radical (unpaired) electrons. The van der Waals surface area contributed by atoms with E-state index in [0.717, 1.165) is 32.1 Å². The van der Waals surface area contributed by atoms with Gasteiger partial charge in [-0.15, -0.1) is 11.3 Å². The summed E-state index contributed by atoms with van der Waals surface area (Å²) in [5.41, 5.74) is 3.85. The van der Waals surface area contributed by atoms with Gasteiger partial charge in [-0.05, 0) is 64.3 Å². The van der Waals surface area contributed by atoms with Gasteiger partial charge >= 0.3 is 0 Å². The topological polar surface area (TPSA) is 64.0 Å². The molecule has 1 atom stereocenters. The highest BCUT2D eigenvalue weighted by Crippen LogP contribution is 2.31. The lowest BCUT2D eigenvalue weighted by molar-refractivity contribution is -0.120. The Balaban J connectivity index is 2.28. The number of carbonyl (C=O) groups excluding carboxylic acids is 1. The van der Waals surface area contributed by atoms with Gasteiger partial charge in [0, 0.05) is 11.4 Å². The molecule has 1 N–H and O–H groups in total. The summed E-state index contributed by atoms with van der Waals surface area (Å²) in [5.74, 6) is -0.0621. The number of nitrogens with zero attached hydrogens (tertiary/aromatic N) is 2. The number of nitrogens with one attached hydrogen (secondary N) is 1. The van der Waals surface area contributed by atoms with Gasteiger partial charge in [0.25, 0.3) is 5.56 Å². The number of rotatable bonds is 5. The lowest BCUT2D eigenvalue weighted by Crippen LogP contribution is -2.31. The standard InChI is InChI=1S/C21H25N3O2S2/c1-7-22-18(25)15(6)28-21-23-19-17(13(4)14(5)27-19)20(26)24(21)16-10-8-9-11(2)12(16)3/h8-10,15H,7H2,1-6H3,(H,22,25)/t15-/m1/s1. The highest BCUT2D eigenvalue weighted by molar-refractivity contribution is 8.00. The third-order valence-corrected chi connectivity index (χ3v) is 7.14. The molecule has 0 saturated heterocycles. The van der Waals surface area contributed by atoms with Crippen molar-refractivity contribution in [1.82, 2.24) is 14.9 Å². The molecule has 0 unspecified atom stereocenters. The molecular weight excluding hydrogens is 390 g/mol. The van der Waals surface area contributed by atoms with Gasteiger partial charge in [0.15, 0.2) is 5.16 Å². The first-order valence-corrected chi connectivity index (χ1v) is 11.0. The van der Waals surface area contributed by atoms with Crippen molar-refractivity contribution in [3.63, 3.8) is 0 Å². The zero-order valence-electron chi connectivity index (χ0n) is 17.0. The number of thioether (sulfide) groups is 1. The second-order valence-electron chi connectivity index (χ2n) is 6.87. The monoisotopic (exact) mass is 415 g/mol. The second-order valence-corrected chi connectivity index (χ2v) is 9.38. The number of thiophene rings is 1. The minimum atomic E-state index is -0.358. The second kappa shape index (κ2) is 8.09. The summed E-state index contributed by atoms with van der Waals surface area (Å²) in [5, 5.41) is 3.69. The first kappa shape index (κ1) is 20.6. The van der Waals surface area contributed by atoms with E-state index in [0.29, 0.717) is 17.1 Å². The fraction of sp³-hybridized carbons (Fsp3) is 0.381. The Morgan fingerprint density at radius 1 is 1.25 bits per heavy atom. The van der Waals surface area contributed by atoms with Crippen molar-refractivity contribution in [1.29, 1.82) is 0 Å². The molecule has 3 rings (SSSR count). The van der Waals surface area contributed by atoms with Gasteiger partial charge in [-0.3, -0.25) is 14.2 Å². The molecule has 0 aliphatic rings. The van der Waals surface area contributed by atoms with Crippen LogP contribution in [0.4, 0.5) is 0 Å². The predicted molar refractivity (Wildman–Crippen MR) is 118 cm³/mol. The molecule has 1 aromatic carbocycles. The SMILES string of the molecule is CCNC(=O)[C@@H](C)Sc1nc2sc(C)c(C)c2c(=O)n1-c1cccc(C)c1C. The first-order chi connectivity index (χ1) is 13.3. The zero-order valence-corrected chi connectivity index (χ0v) is 18.7. The van der Waals surface area contributed by atoms with Gasteiger partial charge < -0.3 is 5.32 Å². The van der Waals surface area contributed by atoms with Gasteiger partial charge in [0.05, 0.1) is 16.3 Å². The first-order valence-electron chi connectivity index (χ1n) is 9.30. The molecule has 148 valence electrons. The Morgan fingerprint density at radius 2 is 1.96 bits per heavy atom. The van der Waals surface area contributed by atoms with Crippen LogP contribution in [-0.2, 0) is 4.79 Å². The van der Waals surface area contributed by atoms with Gasteiger partial charge in [0.2, 0.25) is 5.91 Å². The fourth-order valence-electron chi connectivity index (χ4n) is 3.07. The molecule has 1 amide bonds. The van der Waals surface area contributed by atoms with Crippen molar-refractivity contribution in [2.45, 2.75) is 51.9 Å². The van der Waals surface area contributed by atoms with Crippen LogP contribution in [-0.4, -0.2) is 27.3 Å². The van der Waals surface area contributed by atoms with Crippen molar-refractivity contribution >= 4 is 39.2 Å². The van der Waals surface area contributed by atoms with Crippen LogP contribution in [0.5, 0.6) is 0 Å². The quantitative estimate of drug-likeness (QED) is 0.498. The third-order valence-electron chi connectivity index (χ3n) is 4.99. The maximum atomic E-state index is 13.5. The summed E-state index contributed by atoms with van der Waals surface area (Å²) in [6.07, 6.45) is 0. The number of hydrogen-bond donors (Lipinski definition) is 1. The lowest BCUT2D eigenvalue weighted by Gasteiger charge is -2.17. The smallest absolute Gasteiger partial charge is 0.267 e. The van der Waals surface area contributed by atoms with Crippen LogP contribution < -0.4 is 10.9 Å². The van der Waals surface area contributed by atoms with Crippen molar-refractivity contribution in [2.75, 3.05) is 6.54 Å². The predicted octanol–water partition coefficient (Wildman–Crippen LogP) is 4.30. The molecule has 0 saturated carbocycles. The van der Waals surface area contributed by atoms with Crippen molar-refractivity contribution in [3.05, 3.63) is 50.1 Å². The van der Waals surface area contributed by atoms with E-state index in [4.69, 9.17) is 4.98 Å². The molecule has 28 heavy (non-hydrogen) atoms. The highest BCUT2D eigenvalue weighted by Gasteiger charge is 2.22. The summed E-state index contributed by atoms with van der Waals surface area (Å²) < 4.78 is 1.67. The molecule has 0 aliphatic carbocycles. The summed E-state index contributed by atoms with van der Waals surface area (Å²) in [7, 11) is 0. The van der Waals surface area contributed by atoms with E-state index in [1.807, 2.05) is 59.7 Å². The van der Waals surface area contributed by atoms with Crippen molar-refractivity contribution in [2.24, 2.45) is 0 Å². The Morgan fingerprint density at radius 3 is 2.64 bits per heavy atom. The van der Waals surface area contributed by atoms with Crippen molar-refractivity contribution < 1.29 is 4.79 Å². The van der Waals surface area contributed by atoms with E-state index in [1.165, 1.54) is 23.1 Å². The van der Waals surface area contributed by atoms with Gasteiger partial charge in [-0.25, -0.2) is 4.98 Å². The van der Waals surface area contributed by atoms with Crippen LogP contribution in [0.1, 0.15) is 35.4 Å². The normalized spacial score (nSPS) is 12.4. The van der Waals surface area contributed by atoms with Crippen LogP contribution in [0.2, 0.25) is 0 Å². The van der Waals surface area contributed by atoms with E-state index >= 15 is 0 Å². The van der Waals surface area contributed by atoms with Crippen LogP contribution in [0.25, 0.3) is 15.9 Å². The maximum Gasteiger partial charge on any atom is 0.267 e. The van der Waals surface area contributed by atoms with E-state index < -0.39 is 0 Å². The zero-order chi connectivity index (χ0) is 20.6. The average Bonchev–Trinajstić information content (AvgIpc) is 2.92. The number of aryl methyl sites for hydroxylation is 3. The fourth-order valence-corrected chi connectivity index (χ4v) is 5.09. The van der Waals surface area contributed by atoms with Crippen LogP contribution in [0, 0.1) is 27.7 Å². The van der Waals surface area contributed by atoms with Gasteiger partial charge in [0.1, 0.15) is 4.83 Å². The molecule has 7 heteroatoms. The van der Waals surface area contributed by atoms with Crippen molar-refractivity contribution in [3.8, 4) is 5.69 Å². The minimum Gasteiger partial charge on any atom is -0.355 e. The van der Waals surface area contributed by atoms with Crippen LogP contribution in [0.3, 0.4) is 0 Å². The summed E-state index contributed by atoms with van der Waals surface area (Å²) in [4.78, 5) is 32.4. The number of benzene rings is 1. The number of amides is 1. The van der Waals surface area contributed by atoms with E-state index in [-0.39, 0.29) is 16.7 Å². The molecular formula is C21H25N3O2S2. The summed E-state index contributed by atoms with van der Waals surface area (Å²) in [6, 6.07) is 5.91. The molecule has 0 aliphatic heterocycles. The number of hydrogen-bond acceptors (Lipinski definition) is 5. The van der Waals surface area contributed by atoms with E-state index in [9.17, 15) is 9.59 Å². The largest absolute Gasteiger partial charge is 0.355 e. The van der Waals surface area contributed by atoms with Crippen LogP contribution in [0.15, 0.2) is 28.2 Å². The lowest BCUT2D eigenvalue weighted by atomic mass is 10.1. The number of fused-ring (bicyclic) bond motifs is 1. The highest BCUT2D eigenvalue weighted by atomic mass is 32.2. The Labute approximate surface area is 173 Å². The Hall–Kier alpha value is -2.12. The maximum absolute atomic E-state index is 13.5. The van der Waals surface area contributed by atoms with Crippen LogP contribution >= 0.6 is 23.1 Å². The average molecular weight is 416 g/mol. The minimum absolute atomic E-state index is 0.0621. The molecule has 0 fully saturated rings. The Kier molecular flexibility index (Phi) is 5.95. The molecule has 3 aromatic rings.